The van der Waals surface area contributed by atoms with Gasteiger partial charge in [-0.25, -0.2) is 9.29 Å². The molecule has 2 aromatic rings. The third-order valence-corrected chi connectivity index (χ3v) is 10.1. The fraction of sp³-hybridized carbons (Fsp3) is 0.438. The minimum Gasteiger partial charge on any atom is -0.502 e. The van der Waals surface area contributed by atoms with Gasteiger partial charge in [0.05, 0.1) is 48.1 Å². The van der Waals surface area contributed by atoms with Crippen molar-refractivity contribution in [3.8, 4) is 17.2 Å². The number of phenolic OH excluding ortho intramolecular Hbond substituents is 1. The van der Waals surface area contributed by atoms with E-state index in [9.17, 15) is 28.7 Å². The lowest BCUT2D eigenvalue weighted by molar-refractivity contribution is -0.140. The minimum atomic E-state index is -1.34. The van der Waals surface area contributed by atoms with Gasteiger partial charge >= 0.3 is 0 Å². The number of allylic oxidation sites excluding steroid dienone is 2. The van der Waals surface area contributed by atoms with Gasteiger partial charge < -0.3 is 14.6 Å². The van der Waals surface area contributed by atoms with E-state index >= 15 is 0 Å². The number of benzene rings is 2. The molecule has 9 nitrogen and oxygen atoms in total. The van der Waals surface area contributed by atoms with Crippen molar-refractivity contribution in [1.82, 2.24) is 4.90 Å². The first-order valence-electron chi connectivity index (χ1n) is 14.3. The van der Waals surface area contributed by atoms with Crippen LogP contribution in [-0.2, 0) is 19.2 Å². The van der Waals surface area contributed by atoms with Crippen LogP contribution in [0.2, 0.25) is 5.02 Å². The van der Waals surface area contributed by atoms with Crippen molar-refractivity contribution in [3.63, 3.8) is 0 Å². The lowest BCUT2D eigenvalue weighted by Gasteiger charge is -2.49. The van der Waals surface area contributed by atoms with E-state index < -0.39 is 52.6 Å². The molecule has 0 aromatic heterocycles. The van der Waals surface area contributed by atoms with Gasteiger partial charge in [-0.3, -0.25) is 24.1 Å². The van der Waals surface area contributed by atoms with Gasteiger partial charge in [0, 0.05) is 12.5 Å². The summed E-state index contributed by atoms with van der Waals surface area (Å²) in [6.45, 7) is 3.95. The molecule has 6 atom stereocenters. The molecule has 1 N–H and O–H groups in total. The zero-order chi connectivity index (χ0) is 31.0. The molecule has 0 bridgehead atoms. The molecular weight excluding hydrogens is 579 g/mol. The SMILES string of the molecule is CCCN1C(=O)[C@H]2[C@H](CC=C3[C@H]2C[C@H]2C(=O)N(c4ccc(F)c(Cl)c4)C(=O)[C@@]2(C)[C@H]3c2cc(OC)c(O)c(OC)c2)C1=O. The zero-order valence-corrected chi connectivity index (χ0v) is 25.0. The number of methoxy groups -OCH3 is 2. The number of ether oxygens (including phenoxy) is 2. The number of aromatic hydroxyl groups is 1. The van der Waals surface area contributed by atoms with Crippen LogP contribution in [0.5, 0.6) is 17.2 Å². The van der Waals surface area contributed by atoms with E-state index in [0.717, 1.165) is 16.5 Å². The number of likely N-dealkylation sites (tertiary alicyclic amines) is 1. The van der Waals surface area contributed by atoms with Crippen LogP contribution in [0.1, 0.15) is 44.6 Å². The highest BCUT2D eigenvalue weighted by Gasteiger charge is 2.67. The quantitative estimate of drug-likeness (QED) is 0.368. The predicted molar refractivity (Wildman–Crippen MR) is 154 cm³/mol. The number of phenols is 1. The van der Waals surface area contributed by atoms with Crippen molar-refractivity contribution in [3.05, 3.63) is 58.4 Å². The van der Waals surface area contributed by atoms with Crippen molar-refractivity contribution in [2.75, 3.05) is 25.7 Å². The maximum Gasteiger partial charge on any atom is 0.241 e. The Balaban J connectivity index is 1.55. The third kappa shape index (κ3) is 4.02. The summed E-state index contributed by atoms with van der Waals surface area (Å²) in [7, 11) is 2.79. The molecule has 43 heavy (non-hydrogen) atoms. The number of hydrogen-bond acceptors (Lipinski definition) is 7. The van der Waals surface area contributed by atoms with Gasteiger partial charge in [-0.15, -0.1) is 0 Å². The van der Waals surface area contributed by atoms with Crippen LogP contribution in [0.15, 0.2) is 42.0 Å². The second-order valence-electron chi connectivity index (χ2n) is 11.9. The van der Waals surface area contributed by atoms with E-state index in [4.69, 9.17) is 21.1 Å². The number of hydrogen-bond donors (Lipinski definition) is 1. The van der Waals surface area contributed by atoms with Gasteiger partial charge in [-0.1, -0.05) is 30.2 Å². The maximum atomic E-state index is 14.5. The van der Waals surface area contributed by atoms with Crippen molar-refractivity contribution in [2.45, 2.75) is 39.0 Å². The zero-order valence-electron chi connectivity index (χ0n) is 24.2. The molecule has 6 rings (SSSR count). The van der Waals surface area contributed by atoms with Crippen LogP contribution in [0, 0.1) is 34.9 Å². The first-order valence-corrected chi connectivity index (χ1v) is 14.7. The fourth-order valence-electron chi connectivity index (χ4n) is 7.86. The number of halogens is 2. The highest BCUT2D eigenvalue weighted by Crippen LogP contribution is 2.64. The second-order valence-corrected chi connectivity index (χ2v) is 12.3. The number of carbonyl (C=O) groups excluding carboxylic acids is 4. The number of anilines is 1. The topological polar surface area (TPSA) is 113 Å². The number of carbonyl (C=O) groups is 4. The monoisotopic (exact) mass is 610 g/mol. The standard InChI is InChI=1S/C32H32ClFN2O7/c1-5-10-35-28(38)18-8-7-17-19(25(18)30(35)40)14-20-29(39)36(16-6-9-22(34)21(33)13-16)31(41)32(20,2)26(17)15-11-23(42-3)27(37)24(12-15)43-4/h6-7,9,11-13,18-20,25-26,37H,5,8,10,14H2,1-4H3/t18-,19+,20-,25-,26-,32+/m0/s1. The van der Waals surface area contributed by atoms with Crippen molar-refractivity contribution >= 4 is 40.9 Å². The second kappa shape index (κ2) is 10.4. The molecule has 2 heterocycles. The van der Waals surface area contributed by atoms with Gasteiger partial charge in [0.2, 0.25) is 29.4 Å². The van der Waals surface area contributed by atoms with Crippen LogP contribution in [0.4, 0.5) is 10.1 Å². The predicted octanol–water partition coefficient (Wildman–Crippen LogP) is 4.84. The summed E-state index contributed by atoms with van der Waals surface area (Å²) in [5.41, 5.74) is 0.146. The highest BCUT2D eigenvalue weighted by molar-refractivity contribution is 6.31. The average Bonchev–Trinajstić information content (AvgIpc) is 3.34. The molecule has 2 aliphatic carbocycles. The van der Waals surface area contributed by atoms with Gasteiger partial charge in [-0.2, -0.15) is 0 Å². The van der Waals surface area contributed by atoms with E-state index in [1.807, 2.05) is 13.0 Å². The van der Waals surface area contributed by atoms with Gasteiger partial charge in [0.25, 0.3) is 0 Å². The van der Waals surface area contributed by atoms with Crippen molar-refractivity contribution in [1.29, 1.82) is 0 Å². The normalized spacial score (nSPS) is 29.8. The molecule has 4 aliphatic rings. The van der Waals surface area contributed by atoms with Crippen LogP contribution in [0.25, 0.3) is 0 Å². The Labute approximate surface area is 253 Å². The Bertz CT molecular complexity index is 1580. The smallest absolute Gasteiger partial charge is 0.241 e. The van der Waals surface area contributed by atoms with Crippen molar-refractivity contribution < 1.29 is 38.1 Å². The molecule has 2 saturated heterocycles. The average molecular weight is 611 g/mol. The largest absolute Gasteiger partial charge is 0.502 e. The molecule has 2 aliphatic heterocycles. The number of imide groups is 2. The van der Waals surface area contributed by atoms with E-state index in [0.29, 0.717) is 24.9 Å². The lowest BCUT2D eigenvalue weighted by Crippen LogP contribution is -2.48. The highest BCUT2D eigenvalue weighted by atomic mass is 35.5. The first kappa shape index (κ1) is 29.2. The Morgan fingerprint density at radius 2 is 1.70 bits per heavy atom. The van der Waals surface area contributed by atoms with E-state index in [1.54, 1.807) is 19.1 Å². The summed E-state index contributed by atoms with van der Waals surface area (Å²) < 4.78 is 24.9. The summed E-state index contributed by atoms with van der Waals surface area (Å²) in [6.07, 6.45) is 3.08. The molecule has 11 heteroatoms. The fourth-order valence-corrected chi connectivity index (χ4v) is 8.03. The Hall–Kier alpha value is -3.92. The van der Waals surface area contributed by atoms with Gasteiger partial charge in [0.1, 0.15) is 5.82 Å². The van der Waals surface area contributed by atoms with Gasteiger partial charge in [0.15, 0.2) is 11.5 Å². The van der Waals surface area contributed by atoms with E-state index in [2.05, 4.69) is 0 Å². The van der Waals surface area contributed by atoms with Crippen LogP contribution in [0.3, 0.4) is 0 Å². The number of amides is 4. The first-order chi connectivity index (χ1) is 20.5. The Morgan fingerprint density at radius 3 is 2.30 bits per heavy atom. The van der Waals surface area contributed by atoms with Crippen LogP contribution >= 0.6 is 11.6 Å². The summed E-state index contributed by atoms with van der Waals surface area (Å²) in [4.78, 5) is 58.1. The Kier molecular flexibility index (Phi) is 7.03. The molecule has 1 saturated carbocycles. The van der Waals surface area contributed by atoms with Crippen LogP contribution < -0.4 is 14.4 Å². The third-order valence-electron chi connectivity index (χ3n) is 9.81. The molecule has 0 radical (unpaired) electrons. The van der Waals surface area contributed by atoms with E-state index in [-0.39, 0.29) is 46.2 Å². The summed E-state index contributed by atoms with van der Waals surface area (Å²) in [5.74, 6) is -5.41. The Morgan fingerprint density at radius 1 is 1.02 bits per heavy atom. The van der Waals surface area contributed by atoms with Crippen molar-refractivity contribution in [2.24, 2.45) is 29.1 Å². The van der Waals surface area contributed by atoms with Crippen LogP contribution in [-0.4, -0.2) is 54.4 Å². The number of nitrogens with zero attached hydrogens (tertiary/aromatic N) is 2. The lowest BCUT2D eigenvalue weighted by atomic mass is 9.51. The molecule has 0 spiro atoms. The molecule has 0 unspecified atom stereocenters. The number of fused-ring (bicyclic) bond motifs is 4. The summed E-state index contributed by atoms with van der Waals surface area (Å²) in [5, 5.41) is 10.4. The molecule has 2 aromatic carbocycles. The summed E-state index contributed by atoms with van der Waals surface area (Å²) >= 11 is 6.05. The van der Waals surface area contributed by atoms with Gasteiger partial charge in [-0.05, 0) is 68.0 Å². The van der Waals surface area contributed by atoms with E-state index in [1.165, 1.54) is 31.3 Å². The maximum absolute atomic E-state index is 14.5. The summed E-state index contributed by atoms with van der Waals surface area (Å²) in [6, 6.07) is 6.91. The molecule has 3 fully saturated rings. The molecular formula is C32H32ClFN2O7. The molecule has 226 valence electrons. The minimum absolute atomic E-state index is 0.117. The molecule has 4 amide bonds. The number of rotatable bonds is 6.